The number of benzene rings is 1. The first kappa shape index (κ1) is 19.0. The van der Waals surface area contributed by atoms with Gasteiger partial charge in [-0.1, -0.05) is 12.1 Å². The van der Waals surface area contributed by atoms with Crippen LogP contribution in [0.5, 0.6) is 0 Å². The van der Waals surface area contributed by atoms with Gasteiger partial charge in [-0.15, -0.1) is 24.0 Å². The molecule has 0 bridgehead atoms. The summed E-state index contributed by atoms with van der Waals surface area (Å²) in [5.74, 6) is 0.175. The maximum Gasteiger partial charge on any atom is 0.416 e. The van der Waals surface area contributed by atoms with E-state index in [1.54, 1.807) is 13.2 Å². The average molecular weight is 403 g/mol. The Morgan fingerprint density at radius 2 is 2.10 bits per heavy atom. The van der Waals surface area contributed by atoms with E-state index in [0.717, 1.165) is 12.1 Å². The van der Waals surface area contributed by atoms with Gasteiger partial charge in [0.25, 0.3) is 0 Å². The van der Waals surface area contributed by atoms with Crippen LogP contribution in [0, 0.1) is 0 Å². The Kier molecular flexibility index (Phi) is 8.54. The van der Waals surface area contributed by atoms with Crippen LogP contribution in [0.3, 0.4) is 0 Å². The molecule has 0 heterocycles. The summed E-state index contributed by atoms with van der Waals surface area (Å²) in [4.78, 5) is 3.95. The number of nitrogens with one attached hydrogen (secondary N) is 1. The molecule has 0 fully saturated rings. The lowest BCUT2D eigenvalue weighted by Crippen LogP contribution is -2.34. The molecule has 0 radical (unpaired) electrons. The Bertz CT molecular complexity index is 438. The van der Waals surface area contributed by atoms with Crippen LogP contribution in [0.2, 0.25) is 0 Å². The van der Waals surface area contributed by atoms with Crippen LogP contribution < -0.4 is 11.1 Å². The van der Waals surface area contributed by atoms with Crippen LogP contribution in [-0.4, -0.2) is 26.2 Å². The minimum absolute atomic E-state index is 0. The topological polar surface area (TPSA) is 59.6 Å². The number of methoxy groups -OCH3 is 1. The molecular weight excluding hydrogens is 386 g/mol. The van der Waals surface area contributed by atoms with Gasteiger partial charge in [0.15, 0.2) is 5.96 Å². The van der Waals surface area contributed by atoms with Gasteiger partial charge < -0.3 is 15.8 Å². The second-order valence-electron chi connectivity index (χ2n) is 3.82. The lowest BCUT2D eigenvalue weighted by Gasteiger charge is -2.08. The fourth-order valence-corrected chi connectivity index (χ4v) is 1.36. The zero-order valence-electron chi connectivity index (χ0n) is 10.9. The van der Waals surface area contributed by atoms with Gasteiger partial charge >= 0.3 is 6.18 Å². The zero-order chi connectivity index (χ0) is 14.3. The molecule has 0 amide bonds. The summed E-state index contributed by atoms with van der Waals surface area (Å²) >= 11 is 0. The second kappa shape index (κ2) is 9.01. The smallest absolute Gasteiger partial charge is 0.383 e. The molecule has 20 heavy (non-hydrogen) atoms. The molecule has 0 aliphatic heterocycles. The van der Waals surface area contributed by atoms with Gasteiger partial charge in [0.2, 0.25) is 0 Å². The van der Waals surface area contributed by atoms with E-state index in [1.165, 1.54) is 6.07 Å². The molecule has 0 saturated heterocycles. The van der Waals surface area contributed by atoms with E-state index >= 15 is 0 Å². The van der Waals surface area contributed by atoms with Crippen molar-refractivity contribution in [3.05, 3.63) is 35.4 Å². The van der Waals surface area contributed by atoms with Crippen molar-refractivity contribution in [2.45, 2.75) is 12.7 Å². The molecule has 8 heteroatoms. The molecule has 0 atom stereocenters. The highest BCUT2D eigenvalue weighted by molar-refractivity contribution is 14.0. The number of aliphatic imine (C=N–C) groups is 1. The highest BCUT2D eigenvalue weighted by atomic mass is 127. The molecule has 1 aromatic rings. The third-order valence-corrected chi connectivity index (χ3v) is 2.30. The van der Waals surface area contributed by atoms with E-state index in [1.807, 2.05) is 0 Å². The third kappa shape index (κ3) is 6.94. The number of hydrogen-bond donors (Lipinski definition) is 2. The maximum absolute atomic E-state index is 12.5. The van der Waals surface area contributed by atoms with Crippen molar-refractivity contribution >= 4 is 29.9 Å². The minimum atomic E-state index is -4.35. The number of hydrogen-bond acceptors (Lipinski definition) is 2. The number of halogens is 4. The van der Waals surface area contributed by atoms with Gasteiger partial charge in [-0.2, -0.15) is 13.2 Å². The number of nitrogens with two attached hydrogens (primary N) is 1. The van der Waals surface area contributed by atoms with Gasteiger partial charge in [0.05, 0.1) is 18.7 Å². The summed E-state index contributed by atoms with van der Waals surface area (Å²) in [5.41, 5.74) is 5.31. The Labute approximate surface area is 132 Å². The molecule has 4 nitrogen and oxygen atoms in total. The third-order valence-electron chi connectivity index (χ3n) is 2.30. The first-order chi connectivity index (χ1) is 8.93. The Hall–Kier alpha value is -1.03. The molecule has 3 N–H and O–H groups in total. The van der Waals surface area contributed by atoms with Crippen molar-refractivity contribution in [1.82, 2.24) is 5.32 Å². The Morgan fingerprint density at radius 1 is 1.40 bits per heavy atom. The largest absolute Gasteiger partial charge is 0.416 e. The first-order valence-corrected chi connectivity index (χ1v) is 5.62. The molecule has 0 spiro atoms. The SMILES string of the molecule is COCCNC(N)=NCc1cccc(C(F)(F)F)c1.I. The Balaban J connectivity index is 0.00000361. The van der Waals surface area contributed by atoms with Crippen molar-refractivity contribution in [3.8, 4) is 0 Å². The summed E-state index contributed by atoms with van der Waals surface area (Å²) in [6, 6.07) is 5.00. The van der Waals surface area contributed by atoms with Crippen LogP contribution in [0.15, 0.2) is 29.3 Å². The lowest BCUT2D eigenvalue weighted by molar-refractivity contribution is -0.137. The van der Waals surface area contributed by atoms with Crippen LogP contribution in [0.4, 0.5) is 13.2 Å². The quantitative estimate of drug-likeness (QED) is 0.344. The fraction of sp³-hybridized carbons (Fsp3) is 0.417. The van der Waals surface area contributed by atoms with Crippen LogP contribution in [0.25, 0.3) is 0 Å². The number of guanidine groups is 1. The normalized spacial score (nSPS) is 11.9. The van der Waals surface area contributed by atoms with Crippen molar-refractivity contribution in [2.24, 2.45) is 10.7 Å². The summed E-state index contributed by atoms with van der Waals surface area (Å²) in [7, 11) is 1.55. The van der Waals surface area contributed by atoms with E-state index < -0.39 is 11.7 Å². The second-order valence-corrected chi connectivity index (χ2v) is 3.82. The van der Waals surface area contributed by atoms with Crippen molar-refractivity contribution in [3.63, 3.8) is 0 Å². The summed E-state index contributed by atoms with van der Waals surface area (Å²) in [6.07, 6.45) is -4.35. The number of alkyl halides is 3. The van der Waals surface area contributed by atoms with Crippen LogP contribution in [0.1, 0.15) is 11.1 Å². The van der Waals surface area contributed by atoms with Gasteiger partial charge in [0.1, 0.15) is 0 Å². The van der Waals surface area contributed by atoms with Crippen LogP contribution in [-0.2, 0) is 17.5 Å². The molecule has 0 aromatic heterocycles. The van der Waals surface area contributed by atoms with E-state index in [2.05, 4.69) is 10.3 Å². The van der Waals surface area contributed by atoms with E-state index in [4.69, 9.17) is 10.5 Å². The predicted octanol–water partition coefficient (Wildman–Crippen LogP) is 2.37. The minimum Gasteiger partial charge on any atom is -0.383 e. The molecule has 1 aromatic carbocycles. The van der Waals surface area contributed by atoms with Crippen molar-refractivity contribution in [1.29, 1.82) is 0 Å². The predicted molar refractivity (Wildman–Crippen MR) is 82.1 cm³/mol. The molecule has 0 saturated carbocycles. The highest BCUT2D eigenvalue weighted by Crippen LogP contribution is 2.29. The number of nitrogens with zero attached hydrogens (tertiary/aromatic N) is 1. The van der Waals surface area contributed by atoms with E-state index in [9.17, 15) is 13.2 Å². The van der Waals surface area contributed by atoms with Crippen molar-refractivity contribution in [2.75, 3.05) is 20.3 Å². The lowest BCUT2D eigenvalue weighted by atomic mass is 10.1. The van der Waals surface area contributed by atoms with Crippen LogP contribution >= 0.6 is 24.0 Å². The van der Waals surface area contributed by atoms with Gasteiger partial charge in [-0.3, -0.25) is 0 Å². The van der Waals surface area contributed by atoms with E-state index in [-0.39, 0.29) is 36.5 Å². The first-order valence-electron chi connectivity index (χ1n) is 5.62. The fourth-order valence-electron chi connectivity index (χ4n) is 1.36. The summed E-state index contributed by atoms with van der Waals surface area (Å²) < 4.78 is 42.3. The van der Waals surface area contributed by atoms with E-state index in [0.29, 0.717) is 18.7 Å². The maximum atomic E-state index is 12.5. The number of ether oxygens (including phenoxy) is 1. The highest BCUT2D eigenvalue weighted by Gasteiger charge is 2.30. The molecule has 0 unspecified atom stereocenters. The number of rotatable bonds is 5. The summed E-state index contributed by atoms with van der Waals surface area (Å²) in [5, 5.41) is 2.78. The zero-order valence-corrected chi connectivity index (χ0v) is 13.2. The average Bonchev–Trinajstić information content (AvgIpc) is 2.36. The van der Waals surface area contributed by atoms with Crippen molar-refractivity contribution < 1.29 is 17.9 Å². The molecule has 1 rings (SSSR count). The van der Waals surface area contributed by atoms with Gasteiger partial charge in [0, 0.05) is 13.7 Å². The monoisotopic (exact) mass is 403 g/mol. The summed E-state index contributed by atoms with van der Waals surface area (Å²) in [6.45, 7) is 1.06. The molecule has 114 valence electrons. The standard InChI is InChI=1S/C12H16F3N3O.HI/c1-19-6-5-17-11(16)18-8-9-3-2-4-10(7-9)12(13,14)15;/h2-4,7H,5-6,8H2,1H3,(H3,16,17,18);1H. The molecule has 0 aliphatic rings. The Morgan fingerprint density at radius 3 is 2.70 bits per heavy atom. The molecular formula is C12H17F3IN3O. The molecule has 0 aliphatic carbocycles. The van der Waals surface area contributed by atoms with Gasteiger partial charge in [-0.25, -0.2) is 4.99 Å². The van der Waals surface area contributed by atoms with Gasteiger partial charge in [-0.05, 0) is 17.7 Å².